The lowest BCUT2D eigenvalue weighted by atomic mass is 9.99. The molecule has 5 atom stereocenters. The molecule has 1 aliphatic rings. The van der Waals surface area contributed by atoms with Crippen LogP contribution in [0.1, 0.15) is 11.1 Å². The first-order valence-corrected chi connectivity index (χ1v) is 8.80. The third-order valence-corrected chi connectivity index (χ3v) is 4.53. The van der Waals surface area contributed by atoms with Crippen LogP contribution in [0, 0.1) is 0 Å². The van der Waals surface area contributed by atoms with E-state index in [0.717, 1.165) is 6.07 Å². The summed E-state index contributed by atoms with van der Waals surface area (Å²) in [5.41, 5.74) is 0.924. The molecular weight excluding hydrogens is 384 g/mol. The number of aliphatic hydroxyl groups is 4. The van der Waals surface area contributed by atoms with Crippen LogP contribution in [0.15, 0.2) is 36.4 Å². The molecule has 156 valence electrons. The fourth-order valence-electron chi connectivity index (χ4n) is 2.98. The van der Waals surface area contributed by atoms with Crippen molar-refractivity contribution in [1.29, 1.82) is 0 Å². The van der Waals surface area contributed by atoms with E-state index >= 15 is 0 Å². The van der Waals surface area contributed by atoms with Crippen LogP contribution in [0.3, 0.4) is 0 Å². The van der Waals surface area contributed by atoms with Crippen molar-refractivity contribution in [1.82, 2.24) is 0 Å². The Morgan fingerprint density at radius 1 is 0.897 bits per heavy atom. The lowest BCUT2D eigenvalue weighted by Gasteiger charge is -2.40. The Balaban J connectivity index is 1.90. The monoisotopic (exact) mass is 406 g/mol. The maximum absolute atomic E-state index is 10.2. The average Bonchev–Trinajstić information content (AvgIpc) is 2.68. The standard InChI is InChI=1S/C20H22O9/c21-9-15-16(25)17(26)19(20(27)28-15)29-18-11(7-13(23)8-14(18)24)4-1-10-2-5-12(22)6-3-10/h1-8,15-17,19-27H,9H2/b4-1+/t15-,16-,17+,19-,20-/m0/s1. The van der Waals surface area contributed by atoms with Crippen LogP contribution in [0.4, 0.5) is 0 Å². The van der Waals surface area contributed by atoms with Crippen molar-refractivity contribution in [2.45, 2.75) is 30.7 Å². The van der Waals surface area contributed by atoms with E-state index in [1.807, 2.05) is 0 Å². The van der Waals surface area contributed by atoms with Gasteiger partial charge >= 0.3 is 0 Å². The van der Waals surface area contributed by atoms with Crippen molar-refractivity contribution >= 4 is 12.2 Å². The Bertz CT molecular complexity index is 865. The van der Waals surface area contributed by atoms with Gasteiger partial charge in [0.15, 0.2) is 23.9 Å². The highest BCUT2D eigenvalue weighted by molar-refractivity contribution is 5.75. The molecule has 0 bridgehead atoms. The van der Waals surface area contributed by atoms with E-state index in [-0.39, 0.29) is 22.8 Å². The number of hydrogen-bond acceptors (Lipinski definition) is 9. The molecule has 7 N–H and O–H groups in total. The van der Waals surface area contributed by atoms with Gasteiger partial charge in [-0.05, 0) is 23.8 Å². The first-order valence-electron chi connectivity index (χ1n) is 8.80. The van der Waals surface area contributed by atoms with E-state index in [2.05, 4.69) is 0 Å². The van der Waals surface area contributed by atoms with Crippen molar-refractivity contribution in [2.24, 2.45) is 0 Å². The van der Waals surface area contributed by atoms with Crippen molar-refractivity contribution in [3.63, 3.8) is 0 Å². The van der Waals surface area contributed by atoms with Gasteiger partial charge in [-0.1, -0.05) is 24.3 Å². The topological polar surface area (TPSA) is 160 Å². The summed E-state index contributed by atoms with van der Waals surface area (Å²) in [5, 5.41) is 68.8. The molecule has 0 unspecified atom stereocenters. The first-order chi connectivity index (χ1) is 13.8. The second-order valence-electron chi connectivity index (χ2n) is 6.62. The Morgan fingerprint density at radius 3 is 2.24 bits per heavy atom. The molecule has 2 aromatic carbocycles. The Labute approximate surface area is 165 Å². The summed E-state index contributed by atoms with van der Waals surface area (Å²) >= 11 is 0. The summed E-state index contributed by atoms with van der Waals surface area (Å²) in [5.74, 6) is -0.782. The molecule has 0 aliphatic carbocycles. The van der Waals surface area contributed by atoms with Gasteiger partial charge in [-0.2, -0.15) is 0 Å². The average molecular weight is 406 g/mol. The molecule has 1 aliphatic heterocycles. The van der Waals surface area contributed by atoms with Crippen molar-refractivity contribution in [2.75, 3.05) is 6.61 Å². The molecule has 1 fully saturated rings. The summed E-state index contributed by atoms with van der Waals surface area (Å²) in [6.07, 6.45) is -4.35. The van der Waals surface area contributed by atoms with Gasteiger partial charge in [-0.15, -0.1) is 0 Å². The fraction of sp³-hybridized carbons (Fsp3) is 0.300. The van der Waals surface area contributed by atoms with E-state index in [1.54, 1.807) is 18.2 Å². The number of phenolic OH excluding ortho intramolecular Hbond substituents is 3. The van der Waals surface area contributed by atoms with Crippen LogP contribution < -0.4 is 4.74 Å². The molecule has 1 saturated heterocycles. The molecule has 0 spiro atoms. The van der Waals surface area contributed by atoms with Crippen LogP contribution in [0.2, 0.25) is 0 Å². The van der Waals surface area contributed by atoms with E-state index in [0.29, 0.717) is 5.56 Å². The Morgan fingerprint density at radius 2 is 1.59 bits per heavy atom. The van der Waals surface area contributed by atoms with Crippen molar-refractivity contribution in [3.8, 4) is 23.0 Å². The second kappa shape index (κ2) is 8.68. The predicted octanol–water partition coefficient (Wildman–Crippen LogP) is 0.152. The van der Waals surface area contributed by atoms with Crippen LogP contribution >= 0.6 is 0 Å². The largest absolute Gasteiger partial charge is 0.508 e. The molecule has 1 heterocycles. The van der Waals surface area contributed by atoms with Crippen LogP contribution in [-0.2, 0) is 4.74 Å². The molecule has 0 aromatic heterocycles. The summed E-state index contributed by atoms with van der Waals surface area (Å²) in [4.78, 5) is 0. The maximum Gasteiger partial charge on any atom is 0.195 e. The molecule has 0 saturated carbocycles. The Hall–Kier alpha value is -2.82. The summed E-state index contributed by atoms with van der Waals surface area (Å²) in [7, 11) is 0. The van der Waals surface area contributed by atoms with Gasteiger partial charge in [0.1, 0.15) is 29.8 Å². The zero-order chi connectivity index (χ0) is 21.1. The van der Waals surface area contributed by atoms with Gasteiger partial charge in [-0.3, -0.25) is 0 Å². The van der Waals surface area contributed by atoms with Crippen LogP contribution in [0.25, 0.3) is 12.2 Å². The van der Waals surface area contributed by atoms with Gasteiger partial charge in [0.05, 0.1) is 6.61 Å². The second-order valence-corrected chi connectivity index (χ2v) is 6.62. The summed E-state index contributed by atoms with van der Waals surface area (Å²) in [6.45, 7) is -0.618. The lowest BCUT2D eigenvalue weighted by molar-refractivity contribution is -0.280. The SMILES string of the molecule is OC[C@@H]1O[C@H](O)[C@@H](Oc2c(O)cc(O)cc2/C=C/c2ccc(O)cc2)[C@H](O)[C@H]1O. The van der Waals surface area contributed by atoms with Crippen LogP contribution in [-0.4, -0.2) is 73.1 Å². The molecule has 2 aromatic rings. The number of aliphatic hydroxyl groups excluding tert-OH is 4. The number of rotatable bonds is 5. The van der Waals surface area contributed by atoms with Crippen molar-refractivity contribution in [3.05, 3.63) is 47.5 Å². The van der Waals surface area contributed by atoms with Gasteiger partial charge in [0, 0.05) is 11.6 Å². The molecular formula is C20H22O9. The number of hydrogen-bond donors (Lipinski definition) is 7. The summed E-state index contributed by atoms with van der Waals surface area (Å²) in [6, 6.07) is 8.57. The normalized spacial score (nSPS) is 27.2. The molecule has 0 amide bonds. The van der Waals surface area contributed by atoms with Crippen LogP contribution in [0.5, 0.6) is 23.0 Å². The zero-order valence-electron chi connectivity index (χ0n) is 15.2. The van der Waals surface area contributed by atoms with E-state index in [9.17, 15) is 30.6 Å². The van der Waals surface area contributed by atoms with Gasteiger partial charge in [0.2, 0.25) is 0 Å². The minimum absolute atomic E-state index is 0.0983. The quantitative estimate of drug-likeness (QED) is 0.343. The Kier molecular flexibility index (Phi) is 6.26. The van der Waals surface area contributed by atoms with Crippen molar-refractivity contribution < 1.29 is 45.2 Å². The maximum atomic E-state index is 10.2. The molecule has 9 heteroatoms. The van der Waals surface area contributed by atoms with E-state index in [1.165, 1.54) is 24.3 Å². The number of ether oxygens (including phenoxy) is 2. The highest BCUT2D eigenvalue weighted by Gasteiger charge is 2.45. The minimum Gasteiger partial charge on any atom is -0.508 e. The highest BCUT2D eigenvalue weighted by atomic mass is 16.7. The van der Waals surface area contributed by atoms with Gasteiger partial charge < -0.3 is 45.2 Å². The third kappa shape index (κ3) is 4.61. The number of benzene rings is 2. The predicted molar refractivity (Wildman–Crippen MR) is 101 cm³/mol. The highest BCUT2D eigenvalue weighted by Crippen LogP contribution is 2.38. The van der Waals surface area contributed by atoms with E-state index in [4.69, 9.17) is 14.6 Å². The molecule has 0 radical (unpaired) electrons. The third-order valence-electron chi connectivity index (χ3n) is 4.53. The lowest BCUT2D eigenvalue weighted by Crippen LogP contribution is -2.60. The smallest absolute Gasteiger partial charge is 0.195 e. The van der Waals surface area contributed by atoms with Gasteiger partial charge in [-0.25, -0.2) is 0 Å². The molecule has 29 heavy (non-hydrogen) atoms. The minimum atomic E-state index is -1.69. The zero-order valence-corrected chi connectivity index (χ0v) is 15.2. The van der Waals surface area contributed by atoms with E-state index < -0.39 is 43.1 Å². The van der Waals surface area contributed by atoms with Gasteiger partial charge in [0.25, 0.3) is 0 Å². The number of phenols is 3. The fourth-order valence-corrected chi connectivity index (χ4v) is 2.98. The molecule has 3 rings (SSSR count). The number of aromatic hydroxyl groups is 3. The first kappa shape index (κ1) is 20.9. The molecule has 9 nitrogen and oxygen atoms in total. The summed E-state index contributed by atoms with van der Waals surface area (Å²) < 4.78 is 10.6.